The molecular weight excluding hydrogens is 584 g/mol. The van der Waals surface area contributed by atoms with Crippen LogP contribution in [-0.4, -0.2) is 98.3 Å². The molecule has 0 aromatic rings. The van der Waals surface area contributed by atoms with Gasteiger partial charge in [-0.2, -0.15) is 0 Å². The van der Waals surface area contributed by atoms with Crippen molar-refractivity contribution in [2.75, 3.05) is 0 Å². The Morgan fingerprint density at radius 3 is 1.18 bits per heavy atom. The van der Waals surface area contributed by atoms with Crippen molar-refractivity contribution in [1.82, 2.24) is 0 Å². The van der Waals surface area contributed by atoms with E-state index < -0.39 is 98.3 Å². The summed E-state index contributed by atoms with van der Waals surface area (Å²) in [4.78, 5) is 29.4. The van der Waals surface area contributed by atoms with Gasteiger partial charge in [-0.25, -0.2) is 0 Å². The van der Waals surface area contributed by atoms with Crippen LogP contribution < -0.4 is 159 Å². The van der Waals surface area contributed by atoms with Gasteiger partial charge in [0.1, 0.15) is 0 Å². The Bertz CT molecular complexity index is 451. The van der Waals surface area contributed by atoms with Gasteiger partial charge in [-0.3, -0.25) is 0 Å². The first kappa shape index (κ1) is 49.5. The summed E-state index contributed by atoms with van der Waals surface area (Å²) in [6, 6.07) is 0. The van der Waals surface area contributed by atoms with Crippen LogP contribution in [0.4, 0.5) is 0 Å². The third kappa shape index (κ3) is 52.4. The van der Waals surface area contributed by atoms with Crippen molar-refractivity contribution >= 4 is 98.3 Å². The molecule has 28 heteroatoms. The molecule has 0 radical (unpaired) electrons. The molecule has 0 saturated carbocycles. The van der Waals surface area contributed by atoms with Gasteiger partial charge in [-0.15, -0.1) is 0 Å². The normalized spacial score (nSPS) is 5.86. The Balaban J connectivity index is -0.0000000581. The predicted octanol–water partition coefficient (Wildman–Crippen LogP) is -21.0. The minimum absolute atomic E-state index is 0. The number of hydrogen-bond acceptors (Lipinski definition) is 16. The summed E-state index contributed by atoms with van der Waals surface area (Å²) in [5.41, 5.74) is 0. The fourth-order valence-corrected chi connectivity index (χ4v) is 5.53. The molecule has 128 valence electrons. The van der Waals surface area contributed by atoms with Gasteiger partial charge in [0.15, 0.2) is 0 Å². The van der Waals surface area contributed by atoms with Crippen molar-refractivity contribution in [2.24, 2.45) is 0 Å². The first-order valence-corrected chi connectivity index (χ1v) is 13.7. The molecule has 0 amide bonds. The summed E-state index contributed by atoms with van der Waals surface area (Å²) in [7, 11) is -13.9. The summed E-state index contributed by atoms with van der Waals surface area (Å²) in [5, 5.41) is 0. The monoisotopic (exact) mass is 584 g/mol. The van der Waals surface area contributed by atoms with Gasteiger partial charge >= 0.3 is 304 Å². The SMILES string of the molecule is [K+].[Na+].[Na+].[Na+].[O]=[Al][O-].[O]=[Al][O][Si](=O)[O-].[O]=[Al][O][Si](=O)[O][Al]([O][Si](=O)[O-])[O][Si](=O)[O-]. The maximum atomic E-state index is 10.7. The van der Waals surface area contributed by atoms with E-state index in [1.165, 1.54) is 0 Å². The zero-order chi connectivity index (χ0) is 19.5. The van der Waals surface area contributed by atoms with E-state index in [0.717, 1.165) is 0 Å². The van der Waals surface area contributed by atoms with Gasteiger partial charge in [0.2, 0.25) is 0 Å². The molecule has 16 nitrogen and oxygen atoms in total. The third-order valence-corrected chi connectivity index (χ3v) is 7.79. The van der Waals surface area contributed by atoms with Crippen LogP contribution in [0.3, 0.4) is 0 Å². The van der Waals surface area contributed by atoms with Crippen LogP contribution >= 0.6 is 0 Å². The van der Waals surface area contributed by atoms with Crippen molar-refractivity contribution in [1.29, 1.82) is 0 Å². The first-order valence-electron chi connectivity index (χ1n) is 4.57. The molecule has 0 aliphatic carbocycles. The molecular formula is Al4KNa3O16Si4. The van der Waals surface area contributed by atoms with Gasteiger partial charge < -0.3 is 0 Å². The predicted molar refractivity (Wildman–Crippen MR) is 56.3 cm³/mol. The van der Waals surface area contributed by atoms with Crippen LogP contribution in [-0.2, 0) is 46.6 Å². The van der Waals surface area contributed by atoms with E-state index >= 15 is 0 Å². The van der Waals surface area contributed by atoms with Crippen molar-refractivity contribution in [3.63, 3.8) is 0 Å². The molecule has 0 rings (SSSR count). The van der Waals surface area contributed by atoms with E-state index in [4.69, 9.17) is 7.96 Å². The second-order valence-electron chi connectivity index (χ2n) is 2.17. The van der Waals surface area contributed by atoms with E-state index in [9.17, 15) is 39.8 Å². The third-order valence-electron chi connectivity index (χ3n) is 0.866. The van der Waals surface area contributed by atoms with Gasteiger partial charge in [0.25, 0.3) is 0 Å². The average Bonchev–Trinajstić information content (AvgIpc) is 2.38. The molecule has 0 aliphatic heterocycles. The molecule has 0 saturated heterocycles. The van der Waals surface area contributed by atoms with Crippen LogP contribution in [0.2, 0.25) is 0 Å². The van der Waals surface area contributed by atoms with Crippen LogP contribution in [0.1, 0.15) is 0 Å². The molecule has 0 N–H and O–H groups in total. The fraction of sp³-hybridized carbons (Fsp3) is 0. The summed E-state index contributed by atoms with van der Waals surface area (Å²) >= 11 is -8.77. The van der Waals surface area contributed by atoms with Crippen molar-refractivity contribution in [2.45, 2.75) is 0 Å². The number of hydrogen-bond donors (Lipinski definition) is 0. The Kier molecular flexibility index (Phi) is 68.4. The van der Waals surface area contributed by atoms with Crippen molar-refractivity contribution < 1.29 is 205 Å². The molecule has 0 heterocycles. The first-order chi connectivity index (χ1) is 11.1. The zero-order valence-electron chi connectivity index (χ0n) is 14.8. The topological polar surface area (TPSA) is 258 Å². The van der Waals surface area contributed by atoms with Crippen molar-refractivity contribution in [3.8, 4) is 0 Å². The molecule has 0 unspecified atom stereocenters. The van der Waals surface area contributed by atoms with Gasteiger partial charge in [-0.05, 0) is 0 Å². The molecule has 0 bridgehead atoms. The van der Waals surface area contributed by atoms with Gasteiger partial charge in [-0.1, -0.05) is 0 Å². The average molecular weight is 584 g/mol. The molecule has 0 spiro atoms. The fourth-order valence-electron chi connectivity index (χ4n) is 0.414. The summed E-state index contributed by atoms with van der Waals surface area (Å²) in [6.07, 6.45) is 0. The van der Waals surface area contributed by atoms with Crippen LogP contribution in [0.15, 0.2) is 0 Å². The van der Waals surface area contributed by atoms with Crippen LogP contribution in [0.5, 0.6) is 0 Å². The second-order valence-corrected chi connectivity index (χ2v) is 10.0. The van der Waals surface area contributed by atoms with E-state index in [1.807, 2.05) is 0 Å². The van der Waals surface area contributed by atoms with Crippen LogP contribution in [0.25, 0.3) is 0 Å². The standard InChI is InChI=1S/4Al.K.3Na.4O3Si.4O/c;;;;;;;;4*1-4(2)3;;;;/q;2*+1;+3;4*+1;4*-2;;;;-1. The number of rotatable bonds is 10. The Labute approximate surface area is 296 Å². The Hall–Kier alpha value is 4.43. The molecule has 28 heavy (non-hydrogen) atoms. The van der Waals surface area contributed by atoms with Crippen molar-refractivity contribution in [3.05, 3.63) is 0 Å². The molecule has 0 aliphatic rings. The summed E-state index contributed by atoms with van der Waals surface area (Å²) in [5.74, 6) is 0. The van der Waals surface area contributed by atoms with E-state index in [0.29, 0.717) is 0 Å². The molecule has 0 aromatic heterocycles. The van der Waals surface area contributed by atoms with E-state index in [1.54, 1.807) is 0 Å². The molecule has 0 atom stereocenters. The van der Waals surface area contributed by atoms with E-state index in [-0.39, 0.29) is 140 Å². The van der Waals surface area contributed by atoms with Gasteiger partial charge in [0.05, 0.1) is 0 Å². The quantitative estimate of drug-likeness (QED) is 0.216. The molecule has 0 aromatic carbocycles. The summed E-state index contributed by atoms with van der Waals surface area (Å²) in [6.45, 7) is 0. The Morgan fingerprint density at radius 1 is 0.679 bits per heavy atom. The molecule has 0 fully saturated rings. The zero-order valence-corrected chi connectivity index (χ0v) is 32.6. The summed E-state index contributed by atoms with van der Waals surface area (Å²) < 4.78 is 95.7. The second kappa shape index (κ2) is 38.7. The minimum atomic E-state index is -3.74. The van der Waals surface area contributed by atoms with E-state index in [2.05, 4.69) is 17.4 Å². The van der Waals surface area contributed by atoms with Crippen LogP contribution in [0, 0.1) is 0 Å². The Morgan fingerprint density at radius 2 is 1.00 bits per heavy atom. The van der Waals surface area contributed by atoms with Gasteiger partial charge in [0, 0.05) is 0 Å². The maximum absolute atomic E-state index is 10.7.